The minimum atomic E-state index is -4.82. The van der Waals surface area contributed by atoms with Gasteiger partial charge in [0.25, 0.3) is 5.91 Å². The summed E-state index contributed by atoms with van der Waals surface area (Å²) in [4.78, 5) is 41.5. The molecule has 2 aliphatic rings. The highest BCUT2D eigenvalue weighted by Gasteiger charge is 2.38. The Morgan fingerprint density at radius 3 is 2.47 bits per heavy atom. The summed E-state index contributed by atoms with van der Waals surface area (Å²) in [6.45, 7) is 0.324. The molecular formula is C29H31F3N9O5P. The number of hydrogen-bond acceptors (Lipinski definition) is 10. The fraction of sp³-hybridized carbons (Fsp3) is 0.379. The van der Waals surface area contributed by atoms with Crippen LogP contribution in [0.25, 0.3) is 0 Å². The van der Waals surface area contributed by atoms with E-state index in [2.05, 4.69) is 41.2 Å². The number of amides is 1. The number of aromatic amines is 1. The van der Waals surface area contributed by atoms with Gasteiger partial charge in [-0.3, -0.25) is 9.36 Å². The van der Waals surface area contributed by atoms with Gasteiger partial charge in [0.1, 0.15) is 17.1 Å². The molecule has 6 rings (SSSR count). The van der Waals surface area contributed by atoms with Crippen molar-refractivity contribution in [2.75, 3.05) is 24.8 Å². The van der Waals surface area contributed by atoms with Crippen LogP contribution in [0, 0.1) is 0 Å². The summed E-state index contributed by atoms with van der Waals surface area (Å²) in [5.74, 6) is 0.0960. The van der Waals surface area contributed by atoms with Gasteiger partial charge in [-0.1, -0.05) is 17.3 Å². The zero-order valence-electron chi connectivity index (χ0n) is 25.2. The van der Waals surface area contributed by atoms with Crippen LogP contribution >= 0.6 is 7.60 Å². The lowest BCUT2D eigenvalue weighted by Gasteiger charge is -2.28. The van der Waals surface area contributed by atoms with Crippen molar-refractivity contribution in [3.05, 3.63) is 70.2 Å². The first-order valence-electron chi connectivity index (χ1n) is 14.6. The average Bonchev–Trinajstić information content (AvgIpc) is 3.66. The van der Waals surface area contributed by atoms with Gasteiger partial charge in [-0.05, 0) is 66.5 Å². The van der Waals surface area contributed by atoms with Crippen molar-refractivity contribution in [1.29, 1.82) is 0 Å². The number of alkyl halides is 3. The number of anilines is 4. The molecule has 14 nitrogen and oxygen atoms in total. The van der Waals surface area contributed by atoms with Crippen LogP contribution in [0.15, 0.2) is 36.5 Å². The Bertz CT molecular complexity index is 1840. The monoisotopic (exact) mass is 673 g/mol. The van der Waals surface area contributed by atoms with Gasteiger partial charge in [0.2, 0.25) is 5.95 Å². The molecule has 0 bridgehead atoms. The number of benzene rings is 2. The predicted octanol–water partition coefficient (Wildman–Crippen LogP) is 5.21. The lowest BCUT2D eigenvalue weighted by Crippen LogP contribution is -2.18. The van der Waals surface area contributed by atoms with E-state index in [0.717, 1.165) is 36.8 Å². The molecule has 18 heteroatoms. The number of fused-ring (bicyclic) bond motifs is 1. The molecule has 0 unspecified atom stereocenters. The first kappa shape index (κ1) is 32.3. The molecule has 5 N–H and O–H groups in total. The molecule has 0 atom stereocenters. The van der Waals surface area contributed by atoms with Gasteiger partial charge in [0.15, 0.2) is 5.82 Å². The molecular weight excluding hydrogens is 642 g/mol. The van der Waals surface area contributed by atoms with E-state index < -0.39 is 31.3 Å². The van der Waals surface area contributed by atoms with Crippen molar-refractivity contribution in [2.45, 2.75) is 56.4 Å². The van der Waals surface area contributed by atoms with E-state index in [0.29, 0.717) is 29.7 Å². The summed E-state index contributed by atoms with van der Waals surface area (Å²) in [6, 6.07) is 7.78. The fourth-order valence-corrected chi connectivity index (χ4v) is 6.91. The van der Waals surface area contributed by atoms with Crippen LogP contribution in [0.1, 0.15) is 76.0 Å². The zero-order chi connectivity index (χ0) is 33.5. The maximum atomic E-state index is 14.1. The Kier molecular flexibility index (Phi) is 8.63. The van der Waals surface area contributed by atoms with Crippen molar-refractivity contribution in [3.8, 4) is 5.75 Å². The summed E-state index contributed by atoms with van der Waals surface area (Å²) < 4.78 is 59.2. The molecule has 1 aliphatic carbocycles. The predicted molar refractivity (Wildman–Crippen MR) is 163 cm³/mol. The van der Waals surface area contributed by atoms with Crippen LogP contribution in [-0.4, -0.2) is 65.3 Å². The molecule has 2 aromatic carbocycles. The molecule has 1 fully saturated rings. The number of aromatic nitrogens is 6. The summed E-state index contributed by atoms with van der Waals surface area (Å²) in [7, 11) is -1.37. The van der Waals surface area contributed by atoms with Gasteiger partial charge < -0.3 is 30.1 Å². The van der Waals surface area contributed by atoms with Crippen LogP contribution < -0.4 is 15.4 Å². The lowest BCUT2D eigenvalue weighted by molar-refractivity contribution is -0.137. The summed E-state index contributed by atoms with van der Waals surface area (Å²) in [5.41, 5.74) is 1.66. The third-order valence-corrected chi connectivity index (χ3v) is 9.22. The van der Waals surface area contributed by atoms with E-state index in [1.807, 2.05) is 6.07 Å². The number of nitrogens with zero attached hydrogens (tertiary/aromatic N) is 6. The first-order chi connectivity index (χ1) is 22.3. The van der Waals surface area contributed by atoms with Crippen LogP contribution in [-0.2, 0) is 23.4 Å². The summed E-state index contributed by atoms with van der Waals surface area (Å²) in [6.07, 6.45) is -1.36. The van der Waals surface area contributed by atoms with Crippen molar-refractivity contribution in [1.82, 2.24) is 35.5 Å². The van der Waals surface area contributed by atoms with Crippen LogP contribution in [0.3, 0.4) is 0 Å². The maximum absolute atomic E-state index is 14.1. The molecule has 1 amide bonds. The minimum Gasteiger partial charge on any atom is -0.495 e. The van der Waals surface area contributed by atoms with Gasteiger partial charge in [-0.15, -0.1) is 10.2 Å². The third-order valence-electron chi connectivity index (χ3n) is 8.45. The Morgan fingerprint density at radius 2 is 1.81 bits per heavy atom. The normalized spacial score (nSPS) is 18.3. The van der Waals surface area contributed by atoms with Crippen molar-refractivity contribution < 1.29 is 37.1 Å². The number of rotatable bonds is 9. The molecule has 47 heavy (non-hydrogen) atoms. The average molecular weight is 674 g/mol. The second-order valence-corrected chi connectivity index (χ2v) is 13.2. The Balaban J connectivity index is 1.30. The number of halogens is 3. The first-order valence-corrected chi connectivity index (χ1v) is 16.4. The number of methoxy groups -OCH3 is 1. The maximum Gasteiger partial charge on any atom is 0.421 e. The van der Waals surface area contributed by atoms with Gasteiger partial charge >= 0.3 is 13.8 Å². The van der Waals surface area contributed by atoms with E-state index in [1.54, 1.807) is 13.1 Å². The molecule has 0 saturated heterocycles. The summed E-state index contributed by atoms with van der Waals surface area (Å²) >= 11 is 0. The van der Waals surface area contributed by atoms with Gasteiger partial charge in [0.05, 0.1) is 30.2 Å². The fourth-order valence-electron chi connectivity index (χ4n) is 6.24. The number of ether oxygens (including phenoxy) is 1. The SMILES string of the molecule is COc1cc(CP(=O)(O)O)ccc1Nc1ncc(C(F)(F)F)c(Nc2ccc([C@H]3CC[C@@H](c4nn[nH]n4)CC3)c3c2C(=O)N(C)C3)n1. The number of H-pyrrole nitrogens is 1. The van der Waals surface area contributed by atoms with Crippen LogP contribution in [0.2, 0.25) is 0 Å². The Morgan fingerprint density at radius 1 is 1.09 bits per heavy atom. The highest BCUT2D eigenvalue weighted by atomic mass is 31.2. The van der Waals surface area contributed by atoms with Crippen molar-refractivity contribution in [2.24, 2.45) is 0 Å². The second-order valence-electron chi connectivity index (χ2n) is 11.6. The molecule has 3 heterocycles. The molecule has 2 aromatic heterocycles. The number of nitrogens with one attached hydrogen (secondary N) is 3. The number of carbonyl (C=O) groups excluding carboxylic acids is 1. The minimum absolute atomic E-state index is 0.156. The topological polar surface area (TPSA) is 191 Å². The lowest BCUT2D eigenvalue weighted by atomic mass is 9.76. The molecule has 4 aromatic rings. The van der Waals surface area contributed by atoms with E-state index in [-0.39, 0.29) is 40.8 Å². The van der Waals surface area contributed by atoms with Crippen molar-refractivity contribution in [3.63, 3.8) is 0 Å². The van der Waals surface area contributed by atoms with Crippen LogP contribution in [0.5, 0.6) is 5.75 Å². The number of tetrazole rings is 1. The molecule has 0 spiro atoms. The van der Waals surface area contributed by atoms with E-state index in [4.69, 9.17) is 4.74 Å². The third kappa shape index (κ3) is 6.92. The highest BCUT2D eigenvalue weighted by Crippen LogP contribution is 2.45. The van der Waals surface area contributed by atoms with E-state index >= 15 is 0 Å². The Labute approximate surface area is 266 Å². The molecule has 1 aliphatic heterocycles. The molecule has 248 valence electrons. The van der Waals surface area contributed by atoms with Gasteiger partial charge in [0, 0.05) is 25.7 Å². The zero-order valence-corrected chi connectivity index (χ0v) is 26.1. The largest absolute Gasteiger partial charge is 0.495 e. The quantitative estimate of drug-likeness (QED) is 0.146. The van der Waals surface area contributed by atoms with Crippen LogP contribution in [0.4, 0.5) is 36.3 Å². The smallest absolute Gasteiger partial charge is 0.421 e. The molecule has 1 saturated carbocycles. The summed E-state index contributed by atoms with van der Waals surface area (Å²) in [5, 5.41) is 19.9. The highest BCUT2D eigenvalue weighted by molar-refractivity contribution is 7.50. The van der Waals surface area contributed by atoms with E-state index in [9.17, 15) is 32.3 Å². The number of carbonyl (C=O) groups is 1. The van der Waals surface area contributed by atoms with Crippen molar-refractivity contribution >= 4 is 36.6 Å². The van der Waals surface area contributed by atoms with Gasteiger partial charge in [-0.25, -0.2) is 4.98 Å². The Hall–Kier alpha value is -4.60. The molecule has 0 radical (unpaired) electrons. The van der Waals surface area contributed by atoms with Gasteiger partial charge in [-0.2, -0.15) is 23.4 Å². The second kappa shape index (κ2) is 12.5. The number of hydrogen-bond donors (Lipinski definition) is 5. The van der Waals surface area contributed by atoms with E-state index in [1.165, 1.54) is 30.2 Å². The standard InChI is InChI=1S/C29H31F3N9O5P/c1-41-13-19-18(16-4-6-17(7-5-16)25-37-39-40-38-25)8-10-22(24(19)27(41)42)34-26-20(29(30,31)32)12-33-28(36-26)35-21-9-3-15(11-23(21)46-2)14-47(43,44)45/h3,8-12,16-17H,4-7,13-14H2,1-2H3,(H2,43,44,45)(H2,33,34,35,36)(H,37,38,39,40)/t16-,17+.